The number of rotatable bonds is 7. The molecule has 0 N–H and O–H groups in total. The number of sulfonamides is 1. The largest absolute Gasteiger partial charge is 0.456 e. The molecule has 1 aromatic rings. The van der Waals surface area contributed by atoms with Crippen LogP contribution >= 0.6 is 0 Å². The highest BCUT2D eigenvalue weighted by molar-refractivity contribution is 7.88. The van der Waals surface area contributed by atoms with Crippen molar-refractivity contribution in [3.63, 3.8) is 0 Å². The van der Waals surface area contributed by atoms with Crippen molar-refractivity contribution in [1.29, 1.82) is 0 Å². The normalized spacial score (nSPS) is 19.1. The summed E-state index contributed by atoms with van der Waals surface area (Å²) in [4.78, 5) is 25.9. The van der Waals surface area contributed by atoms with E-state index < -0.39 is 10.0 Å². The monoisotopic (exact) mass is 422 g/mol. The molecule has 1 aliphatic carbocycles. The van der Waals surface area contributed by atoms with Gasteiger partial charge < -0.3 is 9.64 Å². The van der Waals surface area contributed by atoms with E-state index in [0.29, 0.717) is 25.4 Å². The molecule has 29 heavy (non-hydrogen) atoms. The second-order valence-corrected chi connectivity index (χ2v) is 9.86. The summed E-state index contributed by atoms with van der Waals surface area (Å²) < 4.78 is 31.8. The summed E-state index contributed by atoms with van der Waals surface area (Å²) in [6.07, 6.45) is 6.06. The Balaban J connectivity index is 1.40. The van der Waals surface area contributed by atoms with Crippen LogP contribution in [0.2, 0.25) is 0 Å². The van der Waals surface area contributed by atoms with Crippen molar-refractivity contribution in [2.24, 2.45) is 5.92 Å². The highest BCUT2D eigenvalue weighted by atomic mass is 32.2. The Kier molecular flexibility index (Phi) is 7.66. The van der Waals surface area contributed by atoms with Crippen LogP contribution in [0.4, 0.5) is 0 Å². The van der Waals surface area contributed by atoms with E-state index in [-0.39, 0.29) is 37.3 Å². The van der Waals surface area contributed by atoms with Crippen molar-refractivity contribution in [3.05, 3.63) is 35.9 Å². The molecule has 0 aromatic heterocycles. The van der Waals surface area contributed by atoms with Gasteiger partial charge in [0.25, 0.3) is 5.91 Å². The van der Waals surface area contributed by atoms with Crippen LogP contribution in [0.3, 0.4) is 0 Å². The molecule has 8 heteroatoms. The molecule has 1 saturated heterocycles. The Hall–Kier alpha value is -1.93. The molecular formula is C21H30N2O5S. The average molecular weight is 423 g/mol. The molecule has 0 bridgehead atoms. The molecule has 0 spiro atoms. The van der Waals surface area contributed by atoms with E-state index >= 15 is 0 Å². The molecule has 1 heterocycles. The number of benzene rings is 1. The molecule has 160 valence electrons. The maximum absolute atomic E-state index is 12.6. The first-order chi connectivity index (χ1) is 13.9. The predicted octanol–water partition coefficient (Wildman–Crippen LogP) is 2.17. The summed E-state index contributed by atoms with van der Waals surface area (Å²) in [5.41, 5.74) is 0.746. The predicted molar refractivity (Wildman–Crippen MR) is 109 cm³/mol. The van der Waals surface area contributed by atoms with Crippen LogP contribution in [-0.2, 0) is 30.1 Å². The Morgan fingerprint density at radius 1 is 0.966 bits per heavy atom. The smallest absolute Gasteiger partial charge is 0.306 e. The Morgan fingerprint density at radius 3 is 2.28 bits per heavy atom. The Morgan fingerprint density at radius 2 is 1.62 bits per heavy atom. The van der Waals surface area contributed by atoms with E-state index in [0.717, 1.165) is 31.2 Å². The van der Waals surface area contributed by atoms with Crippen LogP contribution in [0.1, 0.15) is 44.1 Å². The summed E-state index contributed by atoms with van der Waals surface area (Å²) in [5.74, 6) is -0.234. The molecule has 2 aliphatic rings. The highest BCUT2D eigenvalue weighted by Gasteiger charge is 2.29. The fourth-order valence-corrected chi connectivity index (χ4v) is 5.53. The number of hydrogen-bond acceptors (Lipinski definition) is 5. The molecular weight excluding hydrogens is 392 g/mol. The number of esters is 1. The third kappa shape index (κ3) is 6.54. The quantitative estimate of drug-likeness (QED) is 0.629. The molecule has 1 aliphatic heterocycles. The summed E-state index contributed by atoms with van der Waals surface area (Å²) in [6, 6.07) is 9.06. The van der Waals surface area contributed by atoms with E-state index in [1.807, 2.05) is 18.2 Å². The van der Waals surface area contributed by atoms with E-state index in [2.05, 4.69) is 0 Å². The van der Waals surface area contributed by atoms with Gasteiger partial charge >= 0.3 is 5.97 Å². The number of carbonyl (C=O) groups is 2. The van der Waals surface area contributed by atoms with Crippen molar-refractivity contribution in [1.82, 2.24) is 9.21 Å². The van der Waals surface area contributed by atoms with Gasteiger partial charge in [-0.1, -0.05) is 49.6 Å². The molecule has 0 radical (unpaired) electrons. The fraction of sp³-hybridized carbons (Fsp3) is 0.619. The van der Waals surface area contributed by atoms with Crippen LogP contribution in [0.15, 0.2) is 30.3 Å². The highest BCUT2D eigenvalue weighted by Crippen LogP contribution is 2.26. The minimum Gasteiger partial charge on any atom is -0.456 e. The minimum absolute atomic E-state index is 0.0411. The number of carbonyl (C=O) groups excluding carboxylic acids is 2. The average Bonchev–Trinajstić information content (AvgIpc) is 2.73. The van der Waals surface area contributed by atoms with Crippen LogP contribution in [0.5, 0.6) is 0 Å². The lowest BCUT2D eigenvalue weighted by Crippen LogP contribution is -2.51. The molecule has 3 rings (SSSR count). The summed E-state index contributed by atoms with van der Waals surface area (Å²) in [5, 5.41) is 0. The molecule has 1 aromatic carbocycles. The van der Waals surface area contributed by atoms with Gasteiger partial charge in [0.15, 0.2) is 6.61 Å². The molecule has 0 unspecified atom stereocenters. The first kappa shape index (κ1) is 21.8. The van der Waals surface area contributed by atoms with Gasteiger partial charge in [-0.2, -0.15) is 4.31 Å². The van der Waals surface area contributed by atoms with E-state index in [9.17, 15) is 18.0 Å². The molecule has 0 atom stereocenters. The maximum atomic E-state index is 12.6. The fourth-order valence-electron chi connectivity index (χ4n) is 4.01. The third-order valence-corrected chi connectivity index (χ3v) is 7.56. The minimum atomic E-state index is -3.42. The zero-order valence-corrected chi connectivity index (χ0v) is 17.6. The zero-order chi connectivity index (χ0) is 20.7. The lowest BCUT2D eigenvalue weighted by atomic mass is 9.87. The number of hydrogen-bond donors (Lipinski definition) is 0. The number of amides is 1. The van der Waals surface area contributed by atoms with Gasteiger partial charge in [0.2, 0.25) is 10.0 Å². The number of piperazine rings is 1. The summed E-state index contributed by atoms with van der Waals surface area (Å²) in [7, 11) is -3.42. The van der Waals surface area contributed by atoms with Gasteiger partial charge in [-0.15, -0.1) is 0 Å². The second kappa shape index (κ2) is 10.2. The molecule has 1 saturated carbocycles. The summed E-state index contributed by atoms with van der Waals surface area (Å²) in [6.45, 7) is 0.885. The lowest BCUT2D eigenvalue weighted by Gasteiger charge is -2.34. The van der Waals surface area contributed by atoms with Gasteiger partial charge in [0, 0.05) is 32.6 Å². The maximum Gasteiger partial charge on any atom is 0.306 e. The second-order valence-electron chi connectivity index (χ2n) is 7.89. The van der Waals surface area contributed by atoms with E-state index in [1.54, 1.807) is 17.0 Å². The van der Waals surface area contributed by atoms with Crippen molar-refractivity contribution < 1.29 is 22.7 Å². The van der Waals surface area contributed by atoms with Crippen molar-refractivity contribution in [2.45, 2.75) is 44.3 Å². The molecule has 1 amide bonds. The van der Waals surface area contributed by atoms with Crippen LogP contribution < -0.4 is 0 Å². The Labute approximate surface area is 173 Å². The van der Waals surface area contributed by atoms with Gasteiger partial charge in [-0.3, -0.25) is 9.59 Å². The molecule has 7 nitrogen and oxygen atoms in total. The number of nitrogens with zero attached hydrogens (tertiary/aromatic N) is 2. The van der Waals surface area contributed by atoms with Gasteiger partial charge in [-0.05, 0) is 24.3 Å². The van der Waals surface area contributed by atoms with E-state index in [4.69, 9.17) is 4.74 Å². The van der Waals surface area contributed by atoms with Crippen LogP contribution in [-0.4, -0.2) is 62.3 Å². The van der Waals surface area contributed by atoms with Crippen molar-refractivity contribution in [3.8, 4) is 0 Å². The Bertz CT molecular complexity index is 783. The van der Waals surface area contributed by atoms with Gasteiger partial charge in [-0.25, -0.2) is 8.42 Å². The summed E-state index contributed by atoms with van der Waals surface area (Å²) >= 11 is 0. The van der Waals surface area contributed by atoms with Crippen molar-refractivity contribution >= 4 is 21.9 Å². The van der Waals surface area contributed by atoms with Gasteiger partial charge in [0.1, 0.15) is 0 Å². The topological polar surface area (TPSA) is 84.0 Å². The third-order valence-electron chi connectivity index (χ3n) is 5.71. The first-order valence-corrected chi connectivity index (χ1v) is 12.0. The van der Waals surface area contributed by atoms with Gasteiger partial charge in [0.05, 0.1) is 5.75 Å². The van der Waals surface area contributed by atoms with Crippen molar-refractivity contribution in [2.75, 3.05) is 32.8 Å². The van der Waals surface area contributed by atoms with Crippen LogP contribution in [0, 0.1) is 5.92 Å². The SMILES string of the molecule is O=C(CC1CCCCC1)OCC(=O)N1CCN(S(=O)(=O)Cc2ccccc2)CC1. The van der Waals surface area contributed by atoms with Crippen LogP contribution in [0.25, 0.3) is 0 Å². The zero-order valence-electron chi connectivity index (χ0n) is 16.8. The first-order valence-electron chi connectivity index (χ1n) is 10.4. The lowest BCUT2D eigenvalue weighted by molar-refractivity contribution is -0.153. The standard InChI is InChI=1S/C21H30N2O5S/c24-20(16-28-21(25)15-18-7-3-1-4-8-18)22-11-13-23(14-12-22)29(26,27)17-19-9-5-2-6-10-19/h2,5-6,9-10,18H,1,3-4,7-8,11-17H2. The van der Waals surface area contributed by atoms with E-state index in [1.165, 1.54) is 10.7 Å². The number of ether oxygens (including phenoxy) is 1. The molecule has 2 fully saturated rings.